The second-order valence-electron chi connectivity index (χ2n) is 5.66. The average molecular weight is 390 g/mol. The predicted octanol–water partition coefficient (Wildman–Crippen LogP) is 3.58. The number of esters is 1. The summed E-state index contributed by atoms with van der Waals surface area (Å²) in [5, 5.41) is 2.78. The molecule has 0 aromatic heterocycles. The maximum absolute atomic E-state index is 12.5. The van der Waals surface area contributed by atoms with E-state index < -0.39 is 12.0 Å². The van der Waals surface area contributed by atoms with E-state index in [1.165, 1.54) is 7.11 Å². The van der Waals surface area contributed by atoms with Crippen LogP contribution >= 0.6 is 15.9 Å². The van der Waals surface area contributed by atoms with Gasteiger partial charge in [-0.15, -0.1) is 0 Å². The van der Waals surface area contributed by atoms with E-state index >= 15 is 0 Å². The highest BCUT2D eigenvalue weighted by molar-refractivity contribution is 9.10. The van der Waals surface area contributed by atoms with E-state index in [1.807, 2.05) is 44.2 Å². The number of benzene rings is 2. The van der Waals surface area contributed by atoms with Gasteiger partial charge in [0, 0.05) is 16.5 Å². The summed E-state index contributed by atoms with van der Waals surface area (Å²) in [6.45, 7) is 3.85. The molecule has 0 bridgehead atoms. The van der Waals surface area contributed by atoms with Crippen molar-refractivity contribution in [2.75, 3.05) is 7.11 Å². The van der Waals surface area contributed by atoms with E-state index in [0.29, 0.717) is 12.0 Å². The van der Waals surface area contributed by atoms with Crippen LogP contribution in [0.2, 0.25) is 0 Å². The first-order valence-electron chi connectivity index (χ1n) is 7.61. The van der Waals surface area contributed by atoms with Crippen molar-refractivity contribution in [1.82, 2.24) is 5.32 Å². The SMILES string of the molecule is COC(=O)C(Cc1ccccc1)NC(=O)c1cc(C)c(Br)c(C)c1. The summed E-state index contributed by atoms with van der Waals surface area (Å²) in [5.74, 6) is -0.752. The minimum Gasteiger partial charge on any atom is -0.467 e. The van der Waals surface area contributed by atoms with Crippen LogP contribution in [0.25, 0.3) is 0 Å². The number of ether oxygens (including phenoxy) is 1. The van der Waals surface area contributed by atoms with Crippen molar-refractivity contribution >= 4 is 27.8 Å². The monoisotopic (exact) mass is 389 g/mol. The van der Waals surface area contributed by atoms with Gasteiger partial charge in [0.05, 0.1) is 7.11 Å². The fourth-order valence-corrected chi connectivity index (χ4v) is 2.73. The van der Waals surface area contributed by atoms with Gasteiger partial charge in [-0.1, -0.05) is 46.3 Å². The molecule has 4 nitrogen and oxygen atoms in total. The third kappa shape index (κ3) is 4.45. The number of hydrogen-bond donors (Lipinski definition) is 1. The lowest BCUT2D eigenvalue weighted by molar-refractivity contribution is -0.142. The van der Waals surface area contributed by atoms with Gasteiger partial charge in [0.2, 0.25) is 0 Å². The summed E-state index contributed by atoms with van der Waals surface area (Å²) in [5.41, 5.74) is 3.42. The molecule has 0 saturated carbocycles. The third-order valence-corrected chi connectivity index (χ3v) is 5.02. The molecule has 2 aromatic carbocycles. The molecule has 2 aromatic rings. The lowest BCUT2D eigenvalue weighted by atomic mass is 10.0. The topological polar surface area (TPSA) is 55.4 Å². The van der Waals surface area contributed by atoms with Crippen LogP contribution in [-0.4, -0.2) is 25.0 Å². The molecule has 0 saturated heterocycles. The van der Waals surface area contributed by atoms with Crippen molar-refractivity contribution < 1.29 is 14.3 Å². The van der Waals surface area contributed by atoms with Crippen LogP contribution in [0.5, 0.6) is 0 Å². The number of halogens is 1. The maximum atomic E-state index is 12.5. The molecule has 1 amide bonds. The van der Waals surface area contributed by atoms with Gasteiger partial charge in [-0.2, -0.15) is 0 Å². The minimum absolute atomic E-state index is 0.292. The van der Waals surface area contributed by atoms with Crippen LogP contribution in [0.15, 0.2) is 46.9 Å². The van der Waals surface area contributed by atoms with Crippen LogP contribution in [0, 0.1) is 13.8 Å². The summed E-state index contributed by atoms with van der Waals surface area (Å²) in [6, 6.07) is 12.4. The van der Waals surface area contributed by atoms with Crippen LogP contribution < -0.4 is 5.32 Å². The van der Waals surface area contributed by atoms with Gasteiger partial charge in [0.1, 0.15) is 6.04 Å². The van der Waals surface area contributed by atoms with E-state index in [4.69, 9.17) is 4.74 Å². The Morgan fingerprint density at radius 2 is 1.71 bits per heavy atom. The molecule has 0 aliphatic carbocycles. The highest BCUT2D eigenvalue weighted by Gasteiger charge is 2.23. The first-order valence-corrected chi connectivity index (χ1v) is 8.41. The quantitative estimate of drug-likeness (QED) is 0.795. The molecule has 1 unspecified atom stereocenters. The maximum Gasteiger partial charge on any atom is 0.328 e. The van der Waals surface area contributed by atoms with Crippen LogP contribution in [0.1, 0.15) is 27.0 Å². The molecule has 0 aliphatic heterocycles. The van der Waals surface area contributed by atoms with E-state index in [1.54, 1.807) is 12.1 Å². The molecule has 0 spiro atoms. The molecule has 24 heavy (non-hydrogen) atoms. The summed E-state index contributed by atoms with van der Waals surface area (Å²) < 4.78 is 5.81. The first-order chi connectivity index (χ1) is 11.4. The van der Waals surface area contributed by atoms with Gasteiger partial charge < -0.3 is 10.1 Å². The Morgan fingerprint density at radius 1 is 1.12 bits per heavy atom. The molecule has 2 rings (SSSR count). The largest absolute Gasteiger partial charge is 0.467 e. The number of rotatable bonds is 5. The second-order valence-corrected chi connectivity index (χ2v) is 6.46. The summed E-state index contributed by atoms with van der Waals surface area (Å²) in [6.07, 6.45) is 0.383. The van der Waals surface area contributed by atoms with Crippen LogP contribution in [-0.2, 0) is 16.0 Å². The highest BCUT2D eigenvalue weighted by atomic mass is 79.9. The Morgan fingerprint density at radius 3 is 2.25 bits per heavy atom. The van der Waals surface area contributed by atoms with E-state index in [0.717, 1.165) is 21.2 Å². The number of hydrogen-bond acceptors (Lipinski definition) is 3. The average Bonchev–Trinajstić information content (AvgIpc) is 2.58. The zero-order valence-corrected chi connectivity index (χ0v) is 15.5. The van der Waals surface area contributed by atoms with Gasteiger partial charge in [-0.05, 0) is 42.7 Å². The Balaban J connectivity index is 2.20. The molecular weight excluding hydrogens is 370 g/mol. The molecule has 0 aliphatic rings. The molecule has 5 heteroatoms. The van der Waals surface area contributed by atoms with Crippen molar-refractivity contribution in [2.45, 2.75) is 26.3 Å². The Labute approximate surface area is 150 Å². The fourth-order valence-electron chi connectivity index (χ4n) is 2.50. The van der Waals surface area contributed by atoms with Crippen molar-refractivity contribution in [3.63, 3.8) is 0 Å². The Hall–Kier alpha value is -2.14. The number of carbonyl (C=O) groups excluding carboxylic acids is 2. The fraction of sp³-hybridized carbons (Fsp3) is 0.263. The van der Waals surface area contributed by atoms with Gasteiger partial charge in [0.15, 0.2) is 0 Å². The number of nitrogens with one attached hydrogen (secondary N) is 1. The predicted molar refractivity (Wildman–Crippen MR) is 97.0 cm³/mol. The zero-order chi connectivity index (χ0) is 17.7. The molecule has 0 fully saturated rings. The summed E-state index contributed by atoms with van der Waals surface area (Å²) in [4.78, 5) is 24.6. The number of amides is 1. The van der Waals surface area contributed by atoms with E-state index in [-0.39, 0.29) is 5.91 Å². The minimum atomic E-state index is -0.728. The normalized spacial score (nSPS) is 11.7. The Bertz CT molecular complexity index is 721. The molecule has 1 atom stereocenters. The third-order valence-electron chi connectivity index (χ3n) is 3.77. The molecule has 0 radical (unpaired) electrons. The van der Waals surface area contributed by atoms with E-state index in [2.05, 4.69) is 21.2 Å². The summed E-state index contributed by atoms with van der Waals surface area (Å²) in [7, 11) is 1.32. The lowest BCUT2D eigenvalue weighted by Crippen LogP contribution is -2.43. The van der Waals surface area contributed by atoms with Gasteiger partial charge in [-0.3, -0.25) is 4.79 Å². The van der Waals surface area contributed by atoms with Crippen molar-refractivity contribution in [1.29, 1.82) is 0 Å². The highest BCUT2D eigenvalue weighted by Crippen LogP contribution is 2.22. The summed E-state index contributed by atoms with van der Waals surface area (Å²) >= 11 is 3.49. The van der Waals surface area contributed by atoms with Crippen molar-refractivity contribution in [3.05, 3.63) is 69.2 Å². The van der Waals surface area contributed by atoms with Gasteiger partial charge in [-0.25, -0.2) is 4.79 Å². The zero-order valence-electron chi connectivity index (χ0n) is 13.9. The van der Waals surface area contributed by atoms with Crippen LogP contribution in [0.3, 0.4) is 0 Å². The molecular formula is C19H20BrNO3. The van der Waals surface area contributed by atoms with Crippen LogP contribution in [0.4, 0.5) is 0 Å². The van der Waals surface area contributed by atoms with Crippen molar-refractivity contribution in [2.24, 2.45) is 0 Å². The molecule has 1 N–H and O–H groups in total. The van der Waals surface area contributed by atoms with Gasteiger partial charge in [0.25, 0.3) is 5.91 Å². The molecule has 0 heterocycles. The molecule has 126 valence electrons. The van der Waals surface area contributed by atoms with E-state index in [9.17, 15) is 9.59 Å². The standard InChI is InChI=1S/C19H20BrNO3/c1-12-9-15(10-13(2)17(12)20)18(22)21-16(19(23)24-3)11-14-7-5-4-6-8-14/h4-10,16H,11H2,1-3H3,(H,21,22). The lowest BCUT2D eigenvalue weighted by Gasteiger charge is -2.17. The van der Waals surface area contributed by atoms with Crippen molar-refractivity contribution in [3.8, 4) is 0 Å². The van der Waals surface area contributed by atoms with Gasteiger partial charge >= 0.3 is 5.97 Å². The Kier molecular flexibility index (Phi) is 6.15. The second kappa shape index (κ2) is 8.11. The number of carbonyl (C=O) groups is 2. The number of aryl methyl sites for hydroxylation is 2. The number of methoxy groups -OCH3 is 1. The first kappa shape index (κ1) is 18.2. The smallest absolute Gasteiger partial charge is 0.328 e.